The fourth-order valence-electron chi connectivity index (χ4n) is 1.57. The summed E-state index contributed by atoms with van der Waals surface area (Å²) in [6, 6.07) is 3.75. The normalized spacial score (nSPS) is 11.6. The smallest absolute Gasteiger partial charge is 0.411 e. The summed E-state index contributed by atoms with van der Waals surface area (Å²) in [6.07, 6.45) is 9.74. The first kappa shape index (κ1) is 14.8. The van der Waals surface area contributed by atoms with Crippen LogP contribution in [0.1, 0.15) is 26.3 Å². The van der Waals surface area contributed by atoms with Crippen LogP contribution in [0.2, 0.25) is 0 Å². The molecule has 0 aliphatic carbocycles. The molecule has 110 valence electrons. The maximum Gasteiger partial charge on any atom is 0.411 e. The molecule has 1 N–H and O–H groups in total. The van der Waals surface area contributed by atoms with E-state index in [2.05, 4.69) is 15.4 Å². The molecule has 1 amide bonds. The molecule has 6 nitrogen and oxygen atoms in total. The Bertz CT molecular complexity index is 627. The first-order valence-corrected chi connectivity index (χ1v) is 6.55. The van der Waals surface area contributed by atoms with E-state index in [1.54, 1.807) is 29.3 Å². The van der Waals surface area contributed by atoms with Crippen LogP contribution in [0.25, 0.3) is 11.8 Å². The molecule has 0 fully saturated rings. The predicted octanol–water partition coefficient (Wildman–Crippen LogP) is 2.76. The highest BCUT2D eigenvalue weighted by molar-refractivity contribution is 5.70. The van der Waals surface area contributed by atoms with Crippen molar-refractivity contribution in [2.45, 2.75) is 26.4 Å². The van der Waals surface area contributed by atoms with Gasteiger partial charge in [0.25, 0.3) is 0 Å². The van der Waals surface area contributed by atoms with Gasteiger partial charge in [0.15, 0.2) is 0 Å². The van der Waals surface area contributed by atoms with Crippen LogP contribution < -0.4 is 5.32 Å². The van der Waals surface area contributed by atoms with E-state index >= 15 is 0 Å². The van der Waals surface area contributed by atoms with Crippen molar-refractivity contribution in [2.24, 2.45) is 0 Å². The molecule has 2 heterocycles. The minimum atomic E-state index is -0.511. The van der Waals surface area contributed by atoms with Gasteiger partial charge in [0.2, 0.25) is 0 Å². The molecule has 0 saturated heterocycles. The van der Waals surface area contributed by atoms with E-state index in [-0.39, 0.29) is 0 Å². The Morgan fingerprint density at radius 1 is 1.38 bits per heavy atom. The molecule has 0 aliphatic rings. The Kier molecular flexibility index (Phi) is 4.37. The Balaban J connectivity index is 1.94. The van der Waals surface area contributed by atoms with Crippen LogP contribution in [0.5, 0.6) is 0 Å². The van der Waals surface area contributed by atoms with Gasteiger partial charge in [-0.15, -0.1) is 0 Å². The summed E-state index contributed by atoms with van der Waals surface area (Å²) in [7, 11) is 0. The van der Waals surface area contributed by atoms with E-state index in [1.807, 2.05) is 39.1 Å². The SMILES string of the molecule is CC(C)(C)OC(=O)NC=Cc1cnn(-c2cccnc2)c1. The molecule has 0 radical (unpaired) electrons. The van der Waals surface area contributed by atoms with E-state index in [4.69, 9.17) is 4.74 Å². The lowest BCUT2D eigenvalue weighted by atomic mass is 10.2. The van der Waals surface area contributed by atoms with Crippen LogP contribution in [0.4, 0.5) is 4.79 Å². The Hall–Kier alpha value is -2.63. The van der Waals surface area contributed by atoms with Crippen molar-refractivity contribution < 1.29 is 9.53 Å². The summed E-state index contributed by atoms with van der Waals surface area (Å²) in [5.41, 5.74) is 1.22. The van der Waals surface area contributed by atoms with Crippen LogP contribution in [-0.2, 0) is 4.74 Å². The number of amides is 1. The number of carbonyl (C=O) groups is 1. The highest BCUT2D eigenvalue weighted by atomic mass is 16.6. The summed E-state index contributed by atoms with van der Waals surface area (Å²) in [6.45, 7) is 5.44. The van der Waals surface area contributed by atoms with E-state index in [0.717, 1.165) is 11.3 Å². The number of pyridine rings is 1. The lowest BCUT2D eigenvalue weighted by molar-refractivity contribution is 0.0553. The second kappa shape index (κ2) is 6.21. The van der Waals surface area contributed by atoms with Crippen molar-refractivity contribution in [2.75, 3.05) is 0 Å². The topological polar surface area (TPSA) is 69.0 Å². The molecule has 0 bridgehead atoms. The number of ether oxygens (including phenoxy) is 1. The van der Waals surface area contributed by atoms with Crippen LogP contribution in [0, 0.1) is 0 Å². The lowest BCUT2D eigenvalue weighted by Crippen LogP contribution is -2.29. The van der Waals surface area contributed by atoms with Crippen LogP contribution >= 0.6 is 0 Å². The summed E-state index contributed by atoms with van der Waals surface area (Å²) >= 11 is 0. The first-order chi connectivity index (χ1) is 9.94. The largest absolute Gasteiger partial charge is 0.444 e. The zero-order valence-electron chi connectivity index (χ0n) is 12.3. The van der Waals surface area contributed by atoms with Crippen LogP contribution in [-0.4, -0.2) is 26.5 Å². The third-order valence-corrected chi connectivity index (χ3v) is 2.39. The zero-order chi connectivity index (χ0) is 15.3. The predicted molar refractivity (Wildman–Crippen MR) is 79.8 cm³/mol. The van der Waals surface area contributed by atoms with Gasteiger partial charge >= 0.3 is 6.09 Å². The van der Waals surface area contributed by atoms with Gasteiger partial charge in [-0.05, 0) is 39.0 Å². The van der Waals surface area contributed by atoms with Gasteiger partial charge in [0.1, 0.15) is 5.60 Å². The number of rotatable bonds is 3. The van der Waals surface area contributed by atoms with E-state index in [9.17, 15) is 4.79 Å². The quantitative estimate of drug-likeness (QED) is 0.942. The Labute approximate surface area is 123 Å². The number of aromatic nitrogens is 3. The van der Waals surface area contributed by atoms with Crippen molar-refractivity contribution in [3.63, 3.8) is 0 Å². The average molecular weight is 286 g/mol. The lowest BCUT2D eigenvalue weighted by Gasteiger charge is -2.18. The van der Waals surface area contributed by atoms with Crippen molar-refractivity contribution >= 4 is 12.2 Å². The second-order valence-electron chi connectivity index (χ2n) is 5.41. The maximum atomic E-state index is 11.5. The number of alkyl carbamates (subject to hydrolysis) is 1. The number of nitrogens with one attached hydrogen (secondary N) is 1. The standard InChI is InChI=1S/C15H18N4O2/c1-15(2,3)21-14(20)17-8-6-12-9-18-19(11-12)13-5-4-7-16-10-13/h4-11H,1-3H3,(H,17,20). The summed E-state index contributed by atoms with van der Waals surface area (Å²) in [5.74, 6) is 0. The van der Waals surface area contributed by atoms with Gasteiger partial charge in [-0.2, -0.15) is 5.10 Å². The fraction of sp³-hybridized carbons (Fsp3) is 0.267. The average Bonchev–Trinajstić information content (AvgIpc) is 2.86. The van der Waals surface area contributed by atoms with Crippen molar-refractivity contribution in [1.29, 1.82) is 0 Å². The molecular weight excluding hydrogens is 268 g/mol. The van der Waals surface area contributed by atoms with E-state index < -0.39 is 11.7 Å². The minimum Gasteiger partial charge on any atom is -0.444 e. The van der Waals surface area contributed by atoms with E-state index in [1.165, 1.54) is 6.20 Å². The number of carbonyl (C=O) groups excluding carboxylic acids is 1. The van der Waals surface area contributed by atoms with Gasteiger partial charge < -0.3 is 4.74 Å². The van der Waals surface area contributed by atoms with Crippen LogP contribution in [0.15, 0.2) is 43.1 Å². The number of nitrogens with zero attached hydrogens (tertiary/aromatic N) is 3. The van der Waals surface area contributed by atoms with Gasteiger partial charge in [0, 0.05) is 24.2 Å². The number of hydrogen-bond acceptors (Lipinski definition) is 4. The first-order valence-electron chi connectivity index (χ1n) is 6.55. The molecular formula is C15H18N4O2. The van der Waals surface area contributed by atoms with Gasteiger partial charge in [-0.3, -0.25) is 10.3 Å². The molecule has 2 rings (SSSR count). The minimum absolute atomic E-state index is 0.488. The molecule has 0 aliphatic heterocycles. The molecule has 0 atom stereocenters. The third kappa shape index (κ3) is 4.76. The monoisotopic (exact) mass is 286 g/mol. The van der Waals surface area contributed by atoms with Crippen molar-refractivity contribution in [1.82, 2.24) is 20.1 Å². The summed E-state index contributed by atoms with van der Waals surface area (Å²) in [5, 5.41) is 6.77. The molecule has 0 aromatic carbocycles. The molecule has 0 saturated carbocycles. The Morgan fingerprint density at radius 3 is 2.86 bits per heavy atom. The van der Waals surface area contributed by atoms with Gasteiger partial charge in [-0.25, -0.2) is 9.48 Å². The number of hydrogen-bond donors (Lipinski definition) is 1. The maximum absolute atomic E-state index is 11.5. The second-order valence-corrected chi connectivity index (χ2v) is 5.41. The van der Waals surface area contributed by atoms with Gasteiger partial charge in [-0.1, -0.05) is 0 Å². The third-order valence-electron chi connectivity index (χ3n) is 2.39. The van der Waals surface area contributed by atoms with E-state index in [0.29, 0.717) is 0 Å². The molecule has 6 heteroatoms. The molecule has 0 unspecified atom stereocenters. The van der Waals surface area contributed by atoms with Crippen LogP contribution in [0.3, 0.4) is 0 Å². The molecule has 21 heavy (non-hydrogen) atoms. The van der Waals surface area contributed by atoms with Gasteiger partial charge in [0.05, 0.1) is 18.1 Å². The Morgan fingerprint density at radius 2 is 2.19 bits per heavy atom. The molecule has 2 aromatic rings. The zero-order valence-corrected chi connectivity index (χ0v) is 12.3. The van der Waals surface area contributed by atoms with Crippen molar-refractivity contribution in [3.05, 3.63) is 48.7 Å². The molecule has 2 aromatic heterocycles. The fourth-order valence-corrected chi connectivity index (χ4v) is 1.57. The highest BCUT2D eigenvalue weighted by Crippen LogP contribution is 2.08. The highest BCUT2D eigenvalue weighted by Gasteiger charge is 2.14. The summed E-state index contributed by atoms with van der Waals surface area (Å²) < 4.78 is 6.83. The summed E-state index contributed by atoms with van der Waals surface area (Å²) in [4.78, 5) is 15.5. The molecule has 0 spiro atoms. The van der Waals surface area contributed by atoms with Crippen molar-refractivity contribution in [3.8, 4) is 5.69 Å².